The van der Waals surface area contributed by atoms with E-state index in [4.69, 9.17) is 0 Å². The Morgan fingerprint density at radius 1 is 1.00 bits per heavy atom. The Labute approximate surface area is 112 Å². The predicted octanol–water partition coefficient (Wildman–Crippen LogP) is 3.11. The molecule has 0 fully saturated rings. The first-order chi connectivity index (χ1) is 9.25. The van der Waals surface area contributed by atoms with E-state index in [9.17, 15) is 4.79 Å². The zero-order valence-electron chi connectivity index (χ0n) is 10.7. The lowest BCUT2D eigenvalue weighted by molar-refractivity contribution is -0.118. The molecule has 2 aromatic carbocycles. The summed E-state index contributed by atoms with van der Waals surface area (Å²) in [7, 11) is 0. The van der Waals surface area contributed by atoms with Gasteiger partial charge in [0.25, 0.3) is 5.91 Å². The first-order valence-corrected chi connectivity index (χ1v) is 6.25. The normalized spacial score (nSPS) is 18.1. The van der Waals surface area contributed by atoms with Crippen LogP contribution in [0.5, 0.6) is 0 Å². The average Bonchev–Trinajstić information content (AvgIpc) is 2.83. The molecule has 1 amide bonds. The van der Waals surface area contributed by atoms with Crippen molar-refractivity contribution in [2.45, 2.75) is 12.8 Å². The maximum Gasteiger partial charge on any atom is 0.260 e. The van der Waals surface area contributed by atoms with Gasteiger partial charge in [0.05, 0.1) is 5.69 Å². The van der Waals surface area contributed by atoms with Crippen LogP contribution in [0.1, 0.15) is 17.0 Å². The molecule has 1 atom stereocenters. The summed E-state index contributed by atoms with van der Waals surface area (Å²) in [4.78, 5) is 12.4. The molecule has 94 valence electrons. The summed E-state index contributed by atoms with van der Waals surface area (Å²) < 4.78 is 0. The van der Waals surface area contributed by atoms with Crippen LogP contribution in [-0.2, 0) is 4.79 Å². The van der Waals surface area contributed by atoms with Crippen molar-refractivity contribution in [3.05, 3.63) is 65.7 Å². The average molecular weight is 250 g/mol. The van der Waals surface area contributed by atoms with E-state index >= 15 is 0 Å². The molecule has 1 aliphatic heterocycles. The second-order valence-corrected chi connectivity index (χ2v) is 4.64. The molecule has 3 heteroatoms. The van der Waals surface area contributed by atoms with Crippen molar-refractivity contribution >= 4 is 17.8 Å². The van der Waals surface area contributed by atoms with E-state index in [0.29, 0.717) is 0 Å². The lowest BCUT2D eigenvalue weighted by Gasteiger charge is -2.14. The van der Waals surface area contributed by atoms with Crippen molar-refractivity contribution in [1.29, 1.82) is 0 Å². The highest BCUT2D eigenvalue weighted by Gasteiger charge is 2.30. The van der Waals surface area contributed by atoms with Crippen molar-refractivity contribution in [2.24, 2.45) is 5.10 Å². The minimum atomic E-state index is -0.277. The number of amides is 1. The first kappa shape index (κ1) is 11.7. The van der Waals surface area contributed by atoms with Crippen molar-refractivity contribution < 1.29 is 4.79 Å². The summed E-state index contributed by atoms with van der Waals surface area (Å²) in [6.45, 7) is 2.03. The number of hydrogen-bond donors (Lipinski definition) is 0. The van der Waals surface area contributed by atoms with E-state index in [1.165, 1.54) is 10.6 Å². The number of carbonyl (C=O) groups excluding carboxylic acids is 1. The molecule has 0 spiro atoms. The van der Waals surface area contributed by atoms with Crippen LogP contribution < -0.4 is 5.01 Å². The van der Waals surface area contributed by atoms with Crippen LogP contribution in [0.2, 0.25) is 0 Å². The summed E-state index contributed by atoms with van der Waals surface area (Å²) in [5.41, 5.74) is 2.97. The number of rotatable bonds is 2. The molecular formula is C16H14N2O. The third-order valence-electron chi connectivity index (χ3n) is 3.24. The monoisotopic (exact) mass is 250 g/mol. The Hall–Kier alpha value is -2.42. The molecule has 0 saturated carbocycles. The van der Waals surface area contributed by atoms with Crippen molar-refractivity contribution in [3.63, 3.8) is 0 Å². The van der Waals surface area contributed by atoms with Gasteiger partial charge in [-0.05, 0) is 24.6 Å². The van der Waals surface area contributed by atoms with Crippen molar-refractivity contribution in [1.82, 2.24) is 0 Å². The maximum atomic E-state index is 12.4. The number of anilines is 1. The largest absolute Gasteiger partial charge is 0.271 e. The fourth-order valence-corrected chi connectivity index (χ4v) is 2.15. The fraction of sp³-hybridized carbons (Fsp3) is 0.125. The molecule has 3 rings (SSSR count). The van der Waals surface area contributed by atoms with Gasteiger partial charge in [0, 0.05) is 6.21 Å². The van der Waals surface area contributed by atoms with Gasteiger partial charge in [-0.15, -0.1) is 0 Å². The molecule has 0 aromatic heterocycles. The Morgan fingerprint density at radius 2 is 1.68 bits per heavy atom. The number of nitrogens with zero attached hydrogens (tertiary/aromatic N) is 2. The smallest absolute Gasteiger partial charge is 0.260 e. The molecule has 0 bridgehead atoms. The van der Waals surface area contributed by atoms with Gasteiger partial charge >= 0.3 is 0 Å². The van der Waals surface area contributed by atoms with Crippen molar-refractivity contribution in [3.8, 4) is 0 Å². The van der Waals surface area contributed by atoms with Gasteiger partial charge in [-0.3, -0.25) is 4.79 Å². The van der Waals surface area contributed by atoms with Gasteiger partial charge < -0.3 is 0 Å². The lowest BCUT2D eigenvalue weighted by Crippen LogP contribution is -2.24. The predicted molar refractivity (Wildman–Crippen MR) is 76.3 cm³/mol. The topological polar surface area (TPSA) is 32.7 Å². The number of hydrogen-bond acceptors (Lipinski definition) is 2. The SMILES string of the molecule is Cc1ccc([C@H]2C=NN(c3ccccc3)C2=O)cc1. The number of benzene rings is 2. The minimum absolute atomic E-state index is 0.00458. The number of para-hydroxylation sites is 1. The third-order valence-corrected chi connectivity index (χ3v) is 3.24. The van der Waals surface area contributed by atoms with Gasteiger partial charge in [-0.1, -0.05) is 48.0 Å². The zero-order chi connectivity index (χ0) is 13.2. The van der Waals surface area contributed by atoms with E-state index < -0.39 is 0 Å². The summed E-state index contributed by atoms with van der Waals surface area (Å²) in [5, 5.41) is 5.69. The van der Waals surface area contributed by atoms with E-state index in [1.54, 1.807) is 6.21 Å². The summed E-state index contributed by atoms with van der Waals surface area (Å²) in [6.07, 6.45) is 1.71. The van der Waals surface area contributed by atoms with Crippen LogP contribution in [-0.4, -0.2) is 12.1 Å². The highest BCUT2D eigenvalue weighted by atomic mass is 16.2. The van der Waals surface area contributed by atoms with Gasteiger partial charge in [-0.2, -0.15) is 5.10 Å². The highest BCUT2D eigenvalue weighted by molar-refractivity contribution is 6.12. The Balaban J connectivity index is 1.87. The fourth-order valence-electron chi connectivity index (χ4n) is 2.15. The van der Waals surface area contributed by atoms with Crippen LogP contribution in [0, 0.1) is 6.92 Å². The van der Waals surface area contributed by atoms with Crippen LogP contribution in [0.15, 0.2) is 59.7 Å². The van der Waals surface area contributed by atoms with E-state index in [0.717, 1.165) is 11.3 Å². The molecule has 3 nitrogen and oxygen atoms in total. The number of carbonyl (C=O) groups is 1. The highest BCUT2D eigenvalue weighted by Crippen LogP contribution is 2.26. The van der Waals surface area contributed by atoms with Gasteiger partial charge in [0.2, 0.25) is 0 Å². The van der Waals surface area contributed by atoms with Crippen LogP contribution in [0.3, 0.4) is 0 Å². The van der Waals surface area contributed by atoms with E-state index in [2.05, 4.69) is 5.10 Å². The number of hydrazone groups is 1. The molecule has 0 saturated heterocycles. The van der Waals surface area contributed by atoms with Crippen LogP contribution in [0.4, 0.5) is 5.69 Å². The van der Waals surface area contributed by atoms with Gasteiger partial charge in [0.15, 0.2) is 0 Å². The molecule has 1 heterocycles. The summed E-state index contributed by atoms with van der Waals surface area (Å²) in [6, 6.07) is 17.5. The lowest BCUT2D eigenvalue weighted by atomic mass is 9.99. The van der Waals surface area contributed by atoms with Crippen LogP contribution >= 0.6 is 0 Å². The molecule has 2 aromatic rings. The van der Waals surface area contributed by atoms with Gasteiger partial charge in [-0.25, -0.2) is 5.01 Å². The molecule has 0 N–H and O–H groups in total. The second-order valence-electron chi connectivity index (χ2n) is 4.64. The van der Waals surface area contributed by atoms with Gasteiger partial charge in [0.1, 0.15) is 5.92 Å². The van der Waals surface area contributed by atoms with E-state index in [1.807, 2.05) is 61.5 Å². The Bertz CT molecular complexity index is 617. The summed E-state index contributed by atoms with van der Waals surface area (Å²) in [5.74, 6) is -0.282. The molecule has 19 heavy (non-hydrogen) atoms. The quantitative estimate of drug-likeness (QED) is 0.806. The second kappa shape index (κ2) is 4.69. The Morgan fingerprint density at radius 3 is 2.37 bits per heavy atom. The first-order valence-electron chi connectivity index (χ1n) is 6.25. The molecule has 0 radical (unpaired) electrons. The minimum Gasteiger partial charge on any atom is -0.271 e. The maximum absolute atomic E-state index is 12.4. The molecular weight excluding hydrogens is 236 g/mol. The molecule has 0 aliphatic carbocycles. The third kappa shape index (κ3) is 2.15. The summed E-state index contributed by atoms with van der Waals surface area (Å²) >= 11 is 0. The van der Waals surface area contributed by atoms with Crippen LogP contribution in [0.25, 0.3) is 0 Å². The number of aryl methyl sites for hydroxylation is 1. The van der Waals surface area contributed by atoms with Crippen molar-refractivity contribution in [2.75, 3.05) is 5.01 Å². The van der Waals surface area contributed by atoms with E-state index in [-0.39, 0.29) is 11.8 Å². The molecule has 0 unspecified atom stereocenters. The molecule has 1 aliphatic rings. The standard InChI is InChI=1S/C16H14N2O/c1-12-7-9-13(10-8-12)15-11-17-18(16(15)19)14-5-3-2-4-6-14/h2-11,15H,1H3/t15-/m1/s1. The Kier molecular flexibility index (Phi) is 2.88. The zero-order valence-corrected chi connectivity index (χ0v) is 10.7.